The van der Waals surface area contributed by atoms with Gasteiger partial charge in [0.05, 0.1) is 0 Å². The van der Waals surface area contributed by atoms with Crippen molar-refractivity contribution in [1.82, 2.24) is 9.80 Å². The molecule has 2 amide bonds. The smallest absolute Gasteiger partial charge is 0.258 e. The van der Waals surface area contributed by atoms with Gasteiger partial charge in [0.25, 0.3) is 11.8 Å². The summed E-state index contributed by atoms with van der Waals surface area (Å²) in [6.45, 7) is 4.42. The second-order valence-electron chi connectivity index (χ2n) is 5.19. The number of piperazine rings is 1. The fraction of sp³-hybridized carbons (Fsp3) is 0.429. The number of benzene rings is 1. The molecular weight excluding hydrogens is 292 g/mol. The minimum Gasteiger partial charge on any atom is -0.316 e. The van der Waals surface area contributed by atoms with Crippen LogP contribution in [0.5, 0.6) is 0 Å². The van der Waals surface area contributed by atoms with Crippen LogP contribution in [0.15, 0.2) is 30.3 Å². The highest BCUT2D eigenvalue weighted by Gasteiger charge is 2.52. The van der Waals surface area contributed by atoms with Gasteiger partial charge in [0.2, 0.25) is 0 Å². The van der Waals surface area contributed by atoms with Crippen LogP contribution in [0.1, 0.15) is 19.4 Å². The first-order valence-electron chi connectivity index (χ1n) is 6.58. The Morgan fingerprint density at radius 3 is 2.35 bits per heavy atom. The summed E-state index contributed by atoms with van der Waals surface area (Å²) in [5, 5.41) is -0.763. The minimum absolute atomic E-state index is 0.0518. The van der Waals surface area contributed by atoms with Crippen LogP contribution in [0, 0.1) is 0 Å². The van der Waals surface area contributed by atoms with E-state index in [4.69, 9.17) is 0 Å². The lowest BCUT2D eigenvalue weighted by Crippen LogP contribution is -2.66. The first kappa shape index (κ1) is 13.8. The topological polar surface area (TPSA) is 40.6 Å². The van der Waals surface area contributed by atoms with Crippen LogP contribution in [-0.4, -0.2) is 38.4 Å². The molecule has 0 radical (unpaired) electrons. The number of carbonyl (C=O) groups excluding carboxylic acids is 2. The Labute approximate surface area is 126 Å². The molecule has 1 aromatic carbocycles. The quantitative estimate of drug-likeness (QED) is 0.804. The van der Waals surface area contributed by atoms with E-state index in [1.807, 2.05) is 44.2 Å². The van der Waals surface area contributed by atoms with Gasteiger partial charge in [-0.2, -0.15) is 0 Å². The molecular formula is C14H16N2O2S2. The average Bonchev–Trinajstić information content (AvgIpc) is 2.43. The van der Waals surface area contributed by atoms with Gasteiger partial charge in [-0.1, -0.05) is 51.9 Å². The Kier molecular flexibility index (Phi) is 3.69. The van der Waals surface area contributed by atoms with Crippen molar-refractivity contribution in [2.45, 2.75) is 37.2 Å². The van der Waals surface area contributed by atoms with Crippen molar-refractivity contribution in [2.75, 3.05) is 0 Å². The number of amides is 2. The fourth-order valence-corrected chi connectivity index (χ4v) is 5.57. The maximum Gasteiger partial charge on any atom is 0.258 e. The van der Waals surface area contributed by atoms with Crippen molar-refractivity contribution >= 4 is 33.4 Å². The van der Waals surface area contributed by atoms with Gasteiger partial charge in [0, 0.05) is 12.6 Å². The van der Waals surface area contributed by atoms with Crippen LogP contribution in [0.4, 0.5) is 0 Å². The molecule has 2 bridgehead atoms. The van der Waals surface area contributed by atoms with Gasteiger partial charge in [0.15, 0.2) is 10.7 Å². The fourth-order valence-electron chi connectivity index (χ4n) is 2.50. The maximum atomic E-state index is 12.5. The van der Waals surface area contributed by atoms with Crippen molar-refractivity contribution in [3.8, 4) is 0 Å². The Bertz CT molecular complexity index is 535. The molecule has 3 aliphatic heterocycles. The zero-order valence-electron chi connectivity index (χ0n) is 11.4. The highest BCUT2D eigenvalue weighted by Crippen LogP contribution is 2.47. The Morgan fingerprint density at radius 2 is 1.70 bits per heavy atom. The summed E-state index contributed by atoms with van der Waals surface area (Å²) in [5.41, 5.74) is 1.06. The van der Waals surface area contributed by atoms with Crippen molar-refractivity contribution < 1.29 is 9.59 Å². The second-order valence-corrected chi connectivity index (χ2v) is 7.62. The van der Waals surface area contributed by atoms with E-state index in [1.54, 1.807) is 9.80 Å². The molecule has 3 heterocycles. The van der Waals surface area contributed by atoms with Crippen LogP contribution in [0.25, 0.3) is 0 Å². The third-order valence-electron chi connectivity index (χ3n) is 3.49. The Balaban J connectivity index is 1.85. The molecule has 1 aromatic rings. The molecule has 0 saturated carbocycles. The van der Waals surface area contributed by atoms with E-state index in [0.29, 0.717) is 6.54 Å². The first-order chi connectivity index (χ1) is 9.59. The predicted octanol–water partition coefficient (Wildman–Crippen LogP) is 2.31. The summed E-state index contributed by atoms with van der Waals surface area (Å²) < 4.78 is 0. The SMILES string of the molecule is CC(C)N1C(=O)[C@@H]2SS[C@H]1C(=O)N2Cc1ccccc1. The van der Waals surface area contributed by atoms with Crippen molar-refractivity contribution in [1.29, 1.82) is 0 Å². The molecule has 0 spiro atoms. The monoisotopic (exact) mass is 308 g/mol. The van der Waals surface area contributed by atoms with Gasteiger partial charge in [-0.15, -0.1) is 0 Å². The summed E-state index contributed by atoms with van der Waals surface area (Å²) in [7, 11) is 3.01. The molecule has 106 valence electrons. The maximum absolute atomic E-state index is 12.5. The molecule has 0 aromatic heterocycles. The van der Waals surface area contributed by atoms with Gasteiger partial charge in [0.1, 0.15) is 0 Å². The van der Waals surface area contributed by atoms with E-state index >= 15 is 0 Å². The Hall–Kier alpha value is -1.14. The molecule has 4 nitrogen and oxygen atoms in total. The Morgan fingerprint density at radius 1 is 1.05 bits per heavy atom. The predicted molar refractivity (Wildman–Crippen MR) is 81.7 cm³/mol. The molecule has 3 aliphatic rings. The largest absolute Gasteiger partial charge is 0.316 e. The summed E-state index contributed by atoms with van der Waals surface area (Å²) in [5.74, 6) is 0.111. The van der Waals surface area contributed by atoms with Crippen LogP contribution in [-0.2, 0) is 16.1 Å². The van der Waals surface area contributed by atoms with Gasteiger partial charge in [-0.3, -0.25) is 9.59 Å². The third kappa shape index (κ3) is 2.20. The minimum atomic E-state index is -0.389. The second kappa shape index (κ2) is 5.33. The van der Waals surface area contributed by atoms with E-state index in [-0.39, 0.29) is 28.6 Å². The molecule has 0 N–H and O–H groups in total. The highest BCUT2D eigenvalue weighted by atomic mass is 33.1. The lowest BCUT2D eigenvalue weighted by molar-refractivity contribution is -0.156. The summed E-state index contributed by atoms with van der Waals surface area (Å²) in [4.78, 5) is 28.5. The number of carbonyl (C=O) groups is 2. The molecule has 3 fully saturated rings. The summed E-state index contributed by atoms with van der Waals surface area (Å²) in [6.07, 6.45) is 0. The molecule has 3 saturated heterocycles. The van der Waals surface area contributed by atoms with E-state index < -0.39 is 0 Å². The lowest BCUT2D eigenvalue weighted by Gasteiger charge is -2.49. The van der Waals surface area contributed by atoms with Crippen LogP contribution >= 0.6 is 21.6 Å². The van der Waals surface area contributed by atoms with E-state index in [0.717, 1.165) is 5.56 Å². The standard InChI is InChI=1S/C14H16N2O2S2/c1-9(2)16-12(18)13-15(11(17)14(16)20-19-13)8-10-6-4-3-5-7-10/h3-7,9,13-14H,8H2,1-2H3/t13-,14-/m0/s1. The van der Waals surface area contributed by atoms with Gasteiger partial charge in [-0.25, -0.2) is 0 Å². The van der Waals surface area contributed by atoms with Crippen LogP contribution in [0.3, 0.4) is 0 Å². The first-order valence-corrected chi connectivity index (χ1v) is 8.86. The van der Waals surface area contributed by atoms with Gasteiger partial charge >= 0.3 is 0 Å². The molecule has 0 aliphatic carbocycles. The summed E-state index contributed by atoms with van der Waals surface area (Å²) in [6, 6.07) is 9.88. The normalized spacial score (nSPS) is 25.8. The third-order valence-corrected chi connectivity index (χ3v) is 6.27. The molecule has 6 heteroatoms. The van der Waals surface area contributed by atoms with Crippen molar-refractivity contribution in [3.63, 3.8) is 0 Å². The van der Waals surface area contributed by atoms with Crippen LogP contribution in [0.2, 0.25) is 0 Å². The highest BCUT2D eigenvalue weighted by molar-refractivity contribution is 8.77. The average molecular weight is 308 g/mol. The zero-order valence-corrected chi connectivity index (χ0v) is 13.0. The van der Waals surface area contributed by atoms with Gasteiger partial charge in [-0.05, 0) is 19.4 Å². The molecule has 20 heavy (non-hydrogen) atoms. The van der Waals surface area contributed by atoms with Gasteiger partial charge < -0.3 is 9.80 Å². The van der Waals surface area contributed by atoms with Crippen molar-refractivity contribution in [2.24, 2.45) is 0 Å². The summed E-state index contributed by atoms with van der Waals surface area (Å²) >= 11 is 0. The number of rotatable bonds is 3. The van der Waals surface area contributed by atoms with Crippen molar-refractivity contribution in [3.05, 3.63) is 35.9 Å². The lowest BCUT2D eigenvalue weighted by atomic mass is 10.1. The molecule has 2 atom stereocenters. The number of nitrogens with zero attached hydrogens (tertiary/aromatic N) is 2. The zero-order chi connectivity index (χ0) is 14.3. The number of hydrogen-bond donors (Lipinski definition) is 0. The van der Waals surface area contributed by atoms with E-state index in [9.17, 15) is 9.59 Å². The molecule has 0 unspecified atom stereocenters. The molecule has 4 rings (SSSR count). The number of fused-ring (bicyclic) bond motifs is 3. The number of hydrogen-bond acceptors (Lipinski definition) is 4. The van der Waals surface area contributed by atoms with E-state index in [1.165, 1.54) is 21.6 Å². The van der Waals surface area contributed by atoms with E-state index in [2.05, 4.69) is 0 Å². The van der Waals surface area contributed by atoms with Crippen LogP contribution < -0.4 is 0 Å².